The Bertz CT molecular complexity index is 1020. The second-order valence-electron chi connectivity index (χ2n) is 7.60. The lowest BCUT2D eigenvalue weighted by Crippen LogP contribution is -2.47. The lowest BCUT2D eigenvalue weighted by atomic mass is 9.83. The van der Waals surface area contributed by atoms with E-state index < -0.39 is 0 Å². The van der Waals surface area contributed by atoms with Gasteiger partial charge in [-0.05, 0) is 24.8 Å². The monoisotopic (exact) mass is 381 g/mol. The van der Waals surface area contributed by atoms with Crippen LogP contribution in [-0.2, 0) is 16.8 Å². The number of hydrogen-bond acceptors (Lipinski definition) is 9. The molecule has 0 N–H and O–H groups in total. The summed E-state index contributed by atoms with van der Waals surface area (Å²) in [5.41, 5.74) is 3.14. The molecule has 146 valence electrons. The van der Waals surface area contributed by atoms with Crippen molar-refractivity contribution in [2.45, 2.75) is 31.8 Å². The van der Waals surface area contributed by atoms with E-state index in [0.29, 0.717) is 18.2 Å². The van der Waals surface area contributed by atoms with Crippen LogP contribution in [0.5, 0.6) is 0 Å². The molecule has 5 heterocycles. The summed E-state index contributed by atoms with van der Waals surface area (Å²) in [6.07, 6.45) is 6.04. The summed E-state index contributed by atoms with van der Waals surface area (Å²) in [7, 11) is 3.92. The zero-order chi connectivity index (χ0) is 19.3. The first-order valence-corrected chi connectivity index (χ1v) is 9.56. The molecule has 0 radical (unpaired) electrons. The Labute approximate surface area is 162 Å². The Hall–Kier alpha value is -2.81. The van der Waals surface area contributed by atoms with Crippen molar-refractivity contribution in [3.63, 3.8) is 0 Å². The van der Waals surface area contributed by atoms with E-state index in [1.807, 2.05) is 32.1 Å². The lowest BCUT2D eigenvalue weighted by Gasteiger charge is -2.44. The summed E-state index contributed by atoms with van der Waals surface area (Å²) < 4.78 is 11.9. The van der Waals surface area contributed by atoms with Crippen molar-refractivity contribution in [1.29, 1.82) is 0 Å². The van der Waals surface area contributed by atoms with Gasteiger partial charge in [-0.25, -0.2) is 19.9 Å². The number of nitrogens with zero attached hydrogens (tertiary/aromatic N) is 7. The minimum absolute atomic E-state index is 0.357. The van der Waals surface area contributed by atoms with Crippen LogP contribution in [0.1, 0.15) is 30.0 Å². The average Bonchev–Trinajstić information content (AvgIpc) is 3.09. The summed E-state index contributed by atoms with van der Waals surface area (Å²) in [5, 5.41) is 0. The number of hydrogen-bond donors (Lipinski definition) is 0. The fraction of sp³-hybridized carbons (Fsp3) is 0.526. The van der Waals surface area contributed by atoms with Gasteiger partial charge in [0.05, 0.1) is 12.3 Å². The molecule has 0 amide bonds. The van der Waals surface area contributed by atoms with Crippen molar-refractivity contribution in [3.8, 4) is 0 Å². The Balaban J connectivity index is 1.45. The Morgan fingerprint density at radius 3 is 2.71 bits per heavy atom. The molecule has 0 aliphatic carbocycles. The van der Waals surface area contributed by atoms with E-state index in [1.165, 1.54) is 11.9 Å². The Morgan fingerprint density at radius 1 is 1.11 bits per heavy atom. The van der Waals surface area contributed by atoms with Crippen LogP contribution in [0.2, 0.25) is 0 Å². The van der Waals surface area contributed by atoms with Gasteiger partial charge in [-0.15, -0.1) is 0 Å². The van der Waals surface area contributed by atoms with Crippen LogP contribution in [0.25, 0.3) is 11.2 Å². The zero-order valence-electron chi connectivity index (χ0n) is 16.3. The number of anilines is 2. The summed E-state index contributed by atoms with van der Waals surface area (Å²) in [6, 6.07) is 0. The number of ether oxygens (including phenoxy) is 1. The highest BCUT2D eigenvalue weighted by molar-refractivity contribution is 5.81. The van der Waals surface area contributed by atoms with E-state index in [0.717, 1.165) is 55.3 Å². The molecule has 0 atom stereocenters. The lowest BCUT2D eigenvalue weighted by molar-refractivity contribution is -0.0801. The number of oxazole rings is 1. The van der Waals surface area contributed by atoms with Gasteiger partial charge in [0, 0.05) is 40.3 Å². The molecule has 1 spiro atoms. The smallest absolute Gasteiger partial charge is 0.252 e. The van der Waals surface area contributed by atoms with Gasteiger partial charge in [-0.3, -0.25) is 0 Å². The fourth-order valence-corrected chi connectivity index (χ4v) is 4.15. The van der Waals surface area contributed by atoms with Gasteiger partial charge < -0.3 is 19.0 Å². The highest BCUT2D eigenvalue weighted by Crippen LogP contribution is 2.41. The maximum Gasteiger partial charge on any atom is 0.252 e. The summed E-state index contributed by atoms with van der Waals surface area (Å²) in [5.74, 6) is 2.15. The Kier molecular flexibility index (Phi) is 3.94. The number of fused-ring (bicyclic) bond motifs is 3. The van der Waals surface area contributed by atoms with Gasteiger partial charge >= 0.3 is 0 Å². The maximum absolute atomic E-state index is 6.34. The predicted octanol–water partition coefficient (Wildman–Crippen LogP) is 1.85. The molecule has 2 aliphatic heterocycles. The molecule has 9 nitrogen and oxygen atoms in total. The SMILES string of the molecule is Cc1nc2c(N3CCC4(CC3)OCCc3cnc(N(C)C)nc34)ncnc2o1. The van der Waals surface area contributed by atoms with E-state index in [4.69, 9.17) is 14.1 Å². The summed E-state index contributed by atoms with van der Waals surface area (Å²) >= 11 is 0. The number of aryl methyl sites for hydroxylation is 1. The third-order valence-corrected chi connectivity index (χ3v) is 5.59. The van der Waals surface area contributed by atoms with E-state index in [9.17, 15) is 0 Å². The molecule has 1 fully saturated rings. The van der Waals surface area contributed by atoms with Gasteiger partial charge in [-0.1, -0.05) is 0 Å². The van der Waals surface area contributed by atoms with Gasteiger partial charge in [0.15, 0.2) is 17.2 Å². The second-order valence-corrected chi connectivity index (χ2v) is 7.60. The standard InChI is InChI=1S/C19H23N7O2/c1-12-23-14-16(21-11-22-17(14)28-12)26-7-5-19(6-8-26)15-13(4-9-27-19)10-20-18(24-15)25(2)3/h10-11H,4-9H2,1-3H3. The molecule has 0 unspecified atom stereocenters. The molecule has 28 heavy (non-hydrogen) atoms. The van der Waals surface area contributed by atoms with Gasteiger partial charge in [0.1, 0.15) is 11.9 Å². The van der Waals surface area contributed by atoms with Crippen LogP contribution in [0.15, 0.2) is 16.9 Å². The molecule has 3 aromatic heterocycles. The van der Waals surface area contributed by atoms with Crippen LogP contribution >= 0.6 is 0 Å². The van der Waals surface area contributed by atoms with Gasteiger partial charge in [0.25, 0.3) is 5.71 Å². The van der Waals surface area contributed by atoms with Crippen molar-refractivity contribution in [1.82, 2.24) is 24.9 Å². The van der Waals surface area contributed by atoms with Crippen molar-refractivity contribution in [2.75, 3.05) is 43.6 Å². The number of rotatable bonds is 2. The van der Waals surface area contributed by atoms with Crippen LogP contribution in [0, 0.1) is 6.92 Å². The quantitative estimate of drug-likeness (QED) is 0.659. The van der Waals surface area contributed by atoms with Crippen molar-refractivity contribution in [3.05, 3.63) is 29.7 Å². The van der Waals surface area contributed by atoms with Crippen LogP contribution < -0.4 is 9.80 Å². The highest BCUT2D eigenvalue weighted by Gasteiger charge is 2.43. The van der Waals surface area contributed by atoms with Gasteiger partial charge in [-0.2, -0.15) is 4.98 Å². The number of aromatic nitrogens is 5. The predicted molar refractivity (Wildman–Crippen MR) is 103 cm³/mol. The zero-order valence-corrected chi connectivity index (χ0v) is 16.3. The second kappa shape index (κ2) is 6.37. The fourth-order valence-electron chi connectivity index (χ4n) is 4.15. The maximum atomic E-state index is 6.34. The minimum Gasteiger partial charge on any atom is -0.422 e. The minimum atomic E-state index is -0.357. The van der Waals surface area contributed by atoms with E-state index in [2.05, 4.69) is 24.8 Å². The highest BCUT2D eigenvalue weighted by atomic mass is 16.5. The molecule has 0 bridgehead atoms. The molecule has 9 heteroatoms. The molecular weight excluding hydrogens is 358 g/mol. The van der Waals surface area contributed by atoms with Crippen molar-refractivity contribution < 1.29 is 9.15 Å². The van der Waals surface area contributed by atoms with Gasteiger partial charge in [0.2, 0.25) is 5.95 Å². The molecular formula is C19H23N7O2. The van der Waals surface area contributed by atoms with Crippen molar-refractivity contribution >= 4 is 23.0 Å². The topological polar surface area (TPSA) is 93.3 Å². The third-order valence-electron chi connectivity index (χ3n) is 5.59. The van der Waals surface area contributed by atoms with Crippen LogP contribution in [0.4, 0.5) is 11.8 Å². The van der Waals surface area contributed by atoms with E-state index >= 15 is 0 Å². The largest absolute Gasteiger partial charge is 0.422 e. The number of piperidine rings is 1. The van der Waals surface area contributed by atoms with Crippen molar-refractivity contribution in [2.24, 2.45) is 0 Å². The summed E-state index contributed by atoms with van der Waals surface area (Å²) in [6.45, 7) is 4.14. The first-order valence-electron chi connectivity index (χ1n) is 9.56. The first-order chi connectivity index (χ1) is 13.6. The third kappa shape index (κ3) is 2.69. The van der Waals surface area contributed by atoms with E-state index in [-0.39, 0.29) is 5.60 Å². The van der Waals surface area contributed by atoms with Crippen LogP contribution in [0.3, 0.4) is 0 Å². The molecule has 3 aromatic rings. The average molecular weight is 381 g/mol. The molecule has 2 aliphatic rings. The summed E-state index contributed by atoms with van der Waals surface area (Å²) in [4.78, 5) is 26.6. The van der Waals surface area contributed by atoms with Crippen LogP contribution in [-0.4, -0.2) is 58.7 Å². The molecule has 1 saturated heterocycles. The normalized spacial score (nSPS) is 18.5. The molecule has 0 saturated carbocycles. The first kappa shape index (κ1) is 17.3. The van der Waals surface area contributed by atoms with E-state index in [1.54, 1.807) is 0 Å². The Morgan fingerprint density at radius 2 is 1.93 bits per heavy atom. The molecule has 0 aromatic carbocycles. The molecule has 5 rings (SSSR count).